The van der Waals surface area contributed by atoms with Crippen LogP contribution < -0.4 is 10.2 Å². The quantitative estimate of drug-likeness (QED) is 0.592. The SMILES string of the molecule is N#CCCN(C(=O)COC(=O)CCNC(=O)c1ccc(F)cc1F)c1cccc(Cl)c1. The Balaban J connectivity index is 1.84. The molecule has 10 heteroatoms. The van der Waals surface area contributed by atoms with Crippen molar-refractivity contribution in [1.82, 2.24) is 5.32 Å². The number of carbonyl (C=O) groups is 3. The third-order valence-electron chi connectivity index (χ3n) is 4.02. The first-order valence-corrected chi connectivity index (χ1v) is 9.51. The van der Waals surface area contributed by atoms with E-state index in [-0.39, 0.29) is 31.5 Å². The summed E-state index contributed by atoms with van der Waals surface area (Å²) < 4.78 is 31.4. The summed E-state index contributed by atoms with van der Waals surface area (Å²) in [4.78, 5) is 37.5. The van der Waals surface area contributed by atoms with Crippen molar-refractivity contribution in [2.75, 3.05) is 24.6 Å². The number of halogens is 3. The lowest BCUT2D eigenvalue weighted by atomic mass is 10.2. The molecule has 2 amide bonds. The second-order valence-corrected chi connectivity index (χ2v) is 6.66. The zero-order valence-electron chi connectivity index (χ0n) is 16.2. The summed E-state index contributed by atoms with van der Waals surface area (Å²) in [6.45, 7) is -0.654. The second-order valence-electron chi connectivity index (χ2n) is 6.22. The van der Waals surface area contributed by atoms with Crippen molar-refractivity contribution in [1.29, 1.82) is 5.26 Å². The summed E-state index contributed by atoms with van der Waals surface area (Å²) >= 11 is 5.93. The minimum atomic E-state index is -1.02. The Labute approximate surface area is 182 Å². The molecule has 0 saturated heterocycles. The van der Waals surface area contributed by atoms with E-state index < -0.39 is 36.0 Å². The van der Waals surface area contributed by atoms with Gasteiger partial charge in [-0.15, -0.1) is 0 Å². The van der Waals surface area contributed by atoms with Crippen LogP contribution >= 0.6 is 11.6 Å². The van der Waals surface area contributed by atoms with Crippen molar-refractivity contribution in [3.05, 3.63) is 64.7 Å². The average Bonchev–Trinajstić information content (AvgIpc) is 2.72. The largest absolute Gasteiger partial charge is 0.455 e. The molecule has 2 aromatic carbocycles. The predicted octanol–water partition coefficient (Wildman–Crippen LogP) is 3.23. The zero-order chi connectivity index (χ0) is 22.8. The van der Waals surface area contributed by atoms with Crippen molar-refractivity contribution in [3.8, 4) is 6.07 Å². The van der Waals surface area contributed by atoms with Crippen molar-refractivity contribution in [3.63, 3.8) is 0 Å². The average molecular weight is 450 g/mol. The number of hydrogen-bond donors (Lipinski definition) is 1. The van der Waals surface area contributed by atoms with Crippen molar-refractivity contribution < 1.29 is 27.9 Å². The van der Waals surface area contributed by atoms with E-state index in [1.807, 2.05) is 6.07 Å². The van der Waals surface area contributed by atoms with Gasteiger partial charge < -0.3 is 15.0 Å². The van der Waals surface area contributed by atoms with Gasteiger partial charge in [-0.2, -0.15) is 5.26 Å². The first-order chi connectivity index (χ1) is 14.8. The number of ether oxygens (including phenoxy) is 1. The second kappa shape index (κ2) is 11.6. The normalized spacial score (nSPS) is 10.1. The molecule has 0 unspecified atom stereocenters. The Bertz CT molecular complexity index is 1010. The summed E-state index contributed by atoms with van der Waals surface area (Å²) in [5.74, 6) is -3.97. The van der Waals surface area contributed by atoms with Crippen LogP contribution in [0.2, 0.25) is 5.02 Å². The molecule has 0 atom stereocenters. The smallest absolute Gasteiger partial charge is 0.308 e. The van der Waals surface area contributed by atoms with Gasteiger partial charge in [0, 0.05) is 29.9 Å². The number of hydrogen-bond acceptors (Lipinski definition) is 5. The van der Waals surface area contributed by atoms with Gasteiger partial charge in [0.25, 0.3) is 11.8 Å². The monoisotopic (exact) mass is 449 g/mol. The molecule has 0 heterocycles. The minimum absolute atomic E-state index is 0.0676. The highest BCUT2D eigenvalue weighted by Gasteiger charge is 2.18. The van der Waals surface area contributed by atoms with E-state index in [9.17, 15) is 23.2 Å². The molecule has 7 nitrogen and oxygen atoms in total. The highest BCUT2D eigenvalue weighted by molar-refractivity contribution is 6.30. The van der Waals surface area contributed by atoms with Crippen LogP contribution in [0.4, 0.5) is 14.5 Å². The molecule has 0 radical (unpaired) electrons. The van der Waals surface area contributed by atoms with Crippen LogP contribution in [0.25, 0.3) is 0 Å². The van der Waals surface area contributed by atoms with Gasteiger partial charge in [0.05, 0.1) is 24.5 Å². The Morgan fingerprint density at radius 1 is 1.16 bits per heavy atom. The van der Waals surface area contributed by atoms with Gasteiger partial charge in [0.2, 0.25) is 0 Å². The Morgan fingerprint density at radius 3 is 2.61 bits per heavy atom. The Hall–Kier alpha value is -3.51. The number of esters is 1. The maximum atomic E-state index is 13.6. The van der Waals surface area contributed by atoms with Gasteiger partial charge in [0.1, 0.15) is 11.6 Å². The van der Waals surface area contributed by atoms with Crippen LogP contribution in [0.15, 0.2) is 42.5 Å². The standard InChI is InChI=1S/C21H18ClF2N3O4/c22-14-3-1-4-16(11-14)27(10-2-8-25)19(28)13-31-20(29)7-9-26-21(30)17-6-5-15(23)12-18(17)24/h1,3-6,11-12H,2,7,9-10,13H2,(H,26,30). The number of carbonyl (C=O) groups excluding carboxylic acids is 3. The maximum absolute atomic E-state index is 13.6. The van der Waals surface area contributed by atoms with Gasteiger partial charge in [0.15, 0.2) is 6.61 Å². The predicted molar refractivity (Wildman–Crippen MR) is 108 cm³/mol. The van der Waals surface area contributed by atoms with E-state index in [0.29, 0.717) is 16.8 Å². The number of nitrogens with zero attached hydrogens (tertiary/aromatic N) is 2. The fourth-order valence-corrected chi connectivity index (χ4v) is 2.73. The van der Waals surface area contributed by atoms with E-state index in [1.54, 1.807) is 24.3 Å². The van der Waals surface area contributed by atoms with Crippen molar-refractivity contribution in [2.45, 2.75) is 12.8 Å². The van der Waals surface area contributed by atoms with Crippen LogP contribution in [-0.2, 0) is 14.3 Å². The number of anilines is 1. The molecule has 0 bridgehead atoms. The number of benzene rings is 2. The molecular weight excluding hydrogens is 432 g/mol. The number of rotatable bonds is 9. The van der Waals surface area contributed by atoms with Crippen LogP contribution in [0.5, 0.6) is 0 Å². The first-order valence-electron chi connectivity index (χ1n) is 9.13. The van der Waals surface area contributed by atoms with Gasteiger partial charge >= 0.3 is 5.97 Å². The van der Waals surface area contributed by atoms with E-state index in [0.717, 1.165) is 12.1 Å². The molecule has 0 spiro atoms. The van der Waals surface area contributed by atoms with E-state index in [4.69, 9.17) is 21.6 Å². The van der Waals surface area contributed by atoms with Gasteiger partial charge in [-0.1, -0.05) is 17.7 Å². The lowest BCUT2D eigenvalue weighted by Gasteiger charge is -2.21. The summed E-state index contributed by atoms with van der Waals surface area (Å²) in [6.07, 6.45) is -0.199. The van der Waals surface area contributed by atoms with Crippen LogP contribution in [0.3, 0.4) is 0 Å². The first kappa shape index (κ1) is 23.8. The molecule has 31 heavy (non-hydrogen) atoms. The molecule has 2 aromatic rings. The lowest BCUT2D eigenvalue weighted by molar-refractivity contribution is -0.147. The van der Waals surface area contributed by atoms with Crippen LogP contribution in [-0.4, -0.2) is 37.5 Å². The number of amides is 2. The van der Waals surface area contributed by atoms with E-state index in [1.165, 1.54) is 4.90 Å². The molecule has 0 fully saturated rings. The van der Waals surface area contributed by atoms with Crippen LogP contribution in [0, 0.1) is 23.0 Å². The van der Waals surface area contributed by atoms with Gasteiger partial charge in [-0.25, -0.2) is 8.78 Å². The minimum Gasteiger partial charge on any atom is -0.455 e. The molecule has 2 rings (SSSR count). The Kier molecular flexibility index (Phi) is 8.91. The molecule has 0 aliphatic heterocycles. The van der Waals surface area contributed by atoms with E-state index >= 15 is 0 Å². The van der Waals surface area contributed by atoms with E-state index in [2.05, 4.69) is 5.32 Å². The maximum Gasteiger partial charge on any atom is 0.308 e. The highest BCUT2D eigenvalue weighted by atomic mass is 35.5. The van der Waals surface area contributed by atoms with Crippen molar-refractivity contribution in [2.24, 2.45) is 0 Å². The zero-order valence-corrected chi connectivity index (χ0v) is 17.0. The summed E-state index contributed by atoms with van der Waals surface area (Å²) in [7, 11) is 0. The van der Waals surface area contributed by atoms with Crippen LogP contribution in [0.1, 0.15) is 23.2 Å². The molecule has 0 aliphatic rings. The van der Waals surface area contributed by atoms with Gasteiger partial charge in [-0.05, 0) is 30.3 Å². The number of nitriles is 1. The molecular formula is C21H18ClF2N3O4. The molecule has 0 saturated carbocycles. The summed E-state index contributed by atoms with van der Waals surface area (Å²) in [5, 5.41) is 11.5. The summed E-state index contributed by atoms with van der Waals surface area (Å²) in [6, 6.07) is 10.9. The highest BCUT2D eigenvalue weighted by Crippen LogP contribution is 2.20. The molecule has 1 N–H and O–H groups in total. The number of nitrogens with one attached hydrogen (secondary N) is 1. The third-order valence-corrected chi connectivity index (χ3v) is 4.25. The van der Waals surface area contributed by atoms with Gasteiger partial charge in [-0.3, -0.25) is 14.4 Å². The Morgan fingerprint density at radius 2 is 1.94 bits per heavy atom. The fraction of sp³-hybridized carbons (Fsp3) is 0.238. The fourth-order valence-electron chi connectivity index (χ4n) is 2.54. The molecule has 0 aliphatic carbocycles. The lowest BCUT2D eigenvalue weighted by Crippen LogP contribution is -2.36. The molecule has 162 valence electrons. The molecule has 0 aromatic heterocycles. The topological polar surface area (TPSA) is 99.5 Å². The summed E-state index contributed by atoms with van der Waals surface area (Å²) in [5.41, 5.74) is 0.0944. The van der Waals surface area contributed by atoms with Crippen molar-refractivity contribution >= 4 is 35.1 Å². The third kappa shape index (κ3) is 7.35.